The fourth-order valence-corrected chi connectivity index (χ4v) is 2.93. The minimum atomic E-state index is -0.223. The van der Waals surface area contributed by atoms with Gasteiger partial charge < -0.3 is 10.2 Å². The van der Waals surface area contributed by atoms with Gasteiger partial charge in [0, 0.05) is 19.6 Å². The van der Waals surface area contributed by atoms with E-state index in [0.29, 0.717) is 19.6 Å². The van der Waals surface area contributed by atoms with Crippen molar-refractivity contribution in [3.05, 3.63) is 70.8 Å². The predicted molar refractivity (Wildman–Crippen MR) is 93.2 cm³/mol. The van der Waals surface area contributed by atoms with Crippen LogP contribution in [0.5, 0.6) is 0 Å². The van der Waals surface area contributed by atoms with Crippen LogP contribution in [-0.2, 0) is 29.1 Å². The fourth-order valence-electron chi connectivity index (χ4n) is 2.93. The van der Waals surface area contributed by atoms with E-state index in [0.717, 1.165) is 12.0 Å². The lowest BCUT2D eigenvalue weighted by atomic mass is 10.00. The van der Waals surface area contributed by atoms with Gasteiger partial charge >= 0.3 is 0 Å². The first-order valence-electron chi connectivity index (χ1n) is 8.28. The summed E-state index contributed by atoms with van der Waals surface area (Å²) in [5, 5.41) is 2.82. The van der Waals surface area contributed by atoms with Crippen LogP contribution >= 0.6 is 0 Å². The van der Waals surface area contributed by atoms with Crippen molar-refractivity contribution < 1.29 is 9.59 Å². The third-order valence-corrected chi connectivity index (χ3v) is 4.41. The normalized spacial score (nSPS) is 13.3. The molecule has 0 spiro atoms. The number of amides is 2. The monoisotopic (exact) mass is 322 g/mol. The van der Waals surface area contributed by atoms with Crippen molar-refractivity contribution in [1.29, 1.82) is 0 Å². The largest absolute Gasteiger partial charge is 0.352 e. The van der Waals surface area contributed by atoms with Gasteiger partial charge in [0.1, 0.15) is 6.42 Å². The average Bonchev–Trinajstić information content (AvgIpc) is 2.61. The number of hydrogen-bond acceptors (Lipinski definition) is 2. The van der Waals surface area contributed by atoms with E-state index in [2.05, 4.69) is 11.4 Å². The lowest BCUT2D eigenvalue weighted by molar-refractivity contribution is -0.136. The molecular formula is C20H22N2O2. The molecule has 4 heteroatoms. The molecule has 1 aliphatic heterocycles. The third-order valence-electron chi connectivity index (χ3n) is 4.41. The van der Waals surface area contributed by atoms with E-state index in [4.69, 9.17) is 0 Å². The van der Waals surface area contributed by atoms with Gasteiger partial charge in [0.05, 0.1) is 0 Å². The van der Waals surface area contributed by atoms with Gasteiger partial charge in [-0.15, -0.1) is 0 Å². The van der Waals surface area contributed by atoms with Crippen LogP contribution < -0.4 is 5.32 Å². The molecule has 0 saturated carbocycles. The number of nitrogens with zero attached hydrogens (tertiary/aromatic N) is 1. The van der Waals surface area contributed by atoms with E-state index in [1.54, 1.807) is 4.90 Å². The maximum absolute atomic E-state index is 12.3. The zero-order chi connectivity index (χ0) is 16.9. The SMILES string of the molecule is Cc1ccc(CNC(=O)CC(=O)N2CCc3ccccc3C2)cc1. The van der Waals surface area contributed by atoms with Gasteiger partial charge in [-0.3, -0.25) is 9.59 Å². The molecule has 24 heavy (non-hydrogen) atoms. The van der Waals surface area contributed by atoms with E-state index in [1.807, 2.05) is 49.4 Å². The average molecular weight is 322 g/mol. The molecule has 2 amide bonds. The number of hydrogen-bond donors (Lipinski definition) is 1. The van der Waals surface area contributed by atoms with Crippen LogP contribution in [0.3, 0.4) is 0 Å². The number of benzene rings is 2. The van der Waals surface area contributed by atoms with Crippen molar-refractivity contribution in [2.75, 3.05) is 6.54 Å². The Kier molecular flexibility index (Phi) is 4.94. The molecule has 0 bridgehead atoms. The van der Waals surface area contributed by atoms with Crippen LogP contribution in [0, 0.1) is 6.92 Å². The summed E-state index contributed by atoms with van der Waals surface area (Å²) in [5.41, 5.74) is 4.70. The minimum absolute atomic E-state index is 0.0893. The molecule has 0 aromatic heterocycles. The molecule has 0 radical (unpaired) electrons. The maximum atomic E-state index is 12.3. The minimum Gasteiger partial charge on any atom is -0.352 e. The maximum Gasteiger partial charge on any atom is 0.232 e. The van der Waals surface area contributed by atoms with Crippen molar-refractivity contribution in [1.82, 2.24) is 10.2 Å². The first kappa shape index (κ1) is 16.2. The zero-order valence-corrected chi connectivity index (χ0v) is 13.9. The molecule has 2 aromatic rings. The van der Waals surface area contributed by atoms with Crippen LogP contribution in [0.2, 0.25) is 0 Å². The summed E-state index contributed by atoms with van der Waals surface area (Å²) in [6, 6.07) is 16.2. The van der Waals surface area contributed by atoms with Crippen molar-refractivity contribution in [2.45, 2.75) is 32.9 Å². The highest BCUT2D eigenvalue weighted by Crippen LogP contribution is 2.18. The van der Waals surface area contributed by atoms with Gasteiger partial charge in [-0.25, -0.2) is 0 Å². The summed E-state index contributed by atoms with van der Waals surface area (Å²) in [6.45, 7) is 3.76. The first-order chi connectivity index (χ1) is 11.6. The Bertz CT molecular complexity index is 738. The van der Waals surface area contributed by atoms with Crippen molar-refractivity contribution in [2.24, 2.45) is 0 Å². The van der Waals surface area contributed by atoms with E-state index >= 15 is 0 Å². The van der Waals surface area contributed by atoms with Gasteiger partial charge in [-0.05, 0) is 30.0 Å². The molecule has 0 atom stereocenters. The number of fused-ring (bicyclic) bond motifs is 1. The highest BCUT2D eigenvalue weighted by Gasteiger charge is 2.22. The van der Waals surface area contributed by atoms with E-state index in [-0.39, 0.29) is 18.2 Å². The number of nitrogens with one attached hydrogen (secondary N) is 1. The second-order valence-corrected chi connectivity index (χ2v) is 6.27. The van der Waals surface area contributed by atoms with Crippen molar-refractivity contribution in [3.63, 3.8) is 0 Å². The molecule has 0 saturated heterocycles. The van der Waals surface area contributed by atoms with Crippen LogP contribution in [-0.4, -0.2) is 23.3 Å². The van der Waals surface area contributed by atoms with Crippen molar-refractivity contribution in [3.8, 4) is 0 Å². The summed E-state index contributed by atoms with van der Waals surface area (Å²) >= 11 is 0. The summed E-state index contributed by atoms with van der Waals surface area (Å²) in [4.78, 5) is 26.1. The van der Waals surface area contributed by atoms with Gasteiger partial charge in [-0.2, -0.15) is 0 Å². The molecule has 0 unspecified atom stereocenters. The fraction of sp³-hybridized carbons (Fsp3) is 0.300. The lowest BCUT2D eigenvalue weighted by Crippen LogP contribution is -2.38. The van der Waals surface area contributed by atoms with Gasteiger partial charge in [0.2, 0.25) is 11.8 Å². The van der Waals surface area contributed by atoms with Crippen LogP contribution in [0.15, 0.2) is 48.5 Å². The molecule has 124 valence electrons. The van der Waals surface area contributed by atoms with Gasteiger partial charge in [-0.1, -0.05) is 54.1 Å². The number of carbonyl (C=O) groups is 2. The van der Waals surface area contributed by atoms with Crippen LogP contribution in [0.4, 0.5) is 0 Å². The Morgan fingerprint density at radius 1 is 1.04 bits per heavy atom. The summed E-state index contributed by atoms with van der Waals surface area (Å²) in [6.07, 6.45) is 0.765. The highest BCUT2D eigenvalue weighted by molar-refractivity contribution is 5.96. The highest BCUT2D eigenvalue weighted by atomic mass is 16.2. The molecule has 1 aliphatic rings. The Labute approximate surface area is 142 Å². The molecular weight excluding hydrogens is 300 g/mol. The van der Waals surface area contributed by atoms with Gasteiger partial charge in [0.15, 0.2) is 0 Å². The number of rotatable bonds is 4. The second-order valence-electron chi connectivity index (χ2n) is 6.27. The molecule has 3 rings (SSSR count). The molecule has 0 fully saturated rings. The Balaban J connectivity index is 1.50. The Morgan fingerprint density at radius 3 is 2.50 bits per heavy atom. The number of aryl methyl sites for hydroxylation is 1. The number of carbonyl (C=O) groups excluding carboxylic acids is 2. The van der Waals surface area contributed by atoms with Crippen LogP contribution in [0.25, 0.3) is 0 Å². The molecule has 2 aromatic carbocycles. The molecule has 4 nitrogen and oxygen atoms in total. The molecule has 0 aliphatic carbocycles. The zero-order valence-electron chi connectivity index (χ0n) is 13.9. The standard InChI is InChI=1S/C20H22N2O2/c1-15-6-8-16(9-7-15)13-21-19(23)12-20(24)22-11-10-17-4-2-3-5-18(17)14-22/h2-9H,10-14H2,1H3,(H,21,23). The summed E-state index contributed by atoms with van der Waals surface area (Å²) in [5.74, 6) is -0.328. The van der Waals surface area contributed by atoms with E-state index in [9.17, 15) is 9.59 Å². The van der Waals surface area contributed by atoms with E-state index in [1.165, 1.54) is 16.7 Å². The summed E-state index contributed by atoms with van der Waals surface area (Å²) < 4.78 is 0. The second kappa shape index (κ2) is 7.30. The summed E-state index contributed by atoms with van der Waals surface area (Å²) in [7, 11) is 0. The quantitative estimate of drug-likeness (QED) is 0.880. The topological polar surface area (TPSA) is 49.4 Å². The smallest absolute Gasteiger partial charge is 0.232 e. The van der Waals surface area contributed by atoms with Gasteiger partial charge in [0.25, 0.3) is 0 Å². The Hall–Kier alpha value is -2.62. The lowest BCUT2D eigenvalue weighted by Gasteiger charge is -2.28. The Morgan fingerprint density at radius 2 is 1.75 bits per heavy atom. The third kappa shape index (κ3) is 4.02. The van der Waals surface area contributed by atoms with E-state index < -0.39 is 0 Å². The van der Waals surface area contributed by atoms with Crippen LogP contribution in [0.1, 0.15) is 28.7 Å². The molecule has 1 N–H and O–H groups in total. The predicted octanol–water partition coefficient (Wildman–Crippen LogP) is 2.59. The first-order valence-corrected chi connectivity index (χ1v) is 8.28. The van der Waals surface area contributed by atoms with Crippen molar-refractivity contribution >= 4 is 11.8 Å². The molecule has 1 heterocycles.